The van der Waals surface area contributed by atoms with Gasteiger partial charge in [-0.05, 0) is 82.5 Å². The van der Waals surface area contributed by atoms with Gasteiger partial charge in [-0.1, -0.05) is 42.7 Å². The molecule has 0 saturated heterocycles. The fourth-order valence-electron chi connectivity index (χ4n) is 5.99. The normalized spacial score (nSPS) is 22.0. The zero-order valence-corrected chi connectivity index (χ0v) is 22.3. The molecule has 35 heavy (non-hydrogen) atoms. The van der Waals surface area contributed by atoms with Gasteiger partial charge in [-0.2, -0.15) is 0 Å². The van der Waals surface area contributed by atoms with Crippen LogP contribution >= 0.6 is 0 Å². The zero-order chi connectivity index (χ0) is 25.2. The van der Waals surface area contributed by atoms with Gasteiger partial charge in [-0.25, -0.2) is 0 Å². The molecule has 0 radical (unpaired) electrons. The molecule has 0 N–H and O–H groups in total. The second kappa shape index (κ2) is 10.6. The summed E-state index contributed by atoms with van der Waals surface area (Å²) in [6.07, 6.45) is 13.0. The van der Waals surface area contributed by atoms with E-state index in [-0.39, 0.29) is 18.6 Å². The molecule has 1 aromatic rings. The first-order chi connectivity index (χ1) is 16.7. The van der Waals surface area contributed by atoms with Crippen LogP contribution in [0.5, 0.6) is 17.2 Å². The minimum atomic E-state index is -0.0473. The number of hydrogen-bond donors (Lipinski definition) is 0. The van der Waals surface area contributed by atoms with Gasteiger partial charge in [0.2, 0.25) is 12.5 Å². The maximum atomic E-state index is 13.0. The predicted molar refractivity (Wildman–Crippen MR) is 140 cm³/mol. The standard InChI is InChI=1S/C30H41NO4/c1-20(12-13-24-21(2)10-8-15-30(24,3)4)9-7-11-23(32)18-25-27-22(14-16-31(25)5)17-26-28(29(27)33-6)35-19-34-26/h7,9,11,17,25H,8,10,12-16,18-19H2,1-6H3/b11-7+,20-9+/t25-/m0/s1. The van der Waals surface area contributed by atoms with Crippen LogP contribution in [0.2, 0.25) is 0 Å². The van der Waals surface area contributed by atoms with Crippen LogP contribution < -0.4 is 14.2 Å². The lowest BCUT2D eigenvalue weighted by molar-refractivity contribution is -0.115. The Morgan fingerprint density at radius 3 is 2.83 bits per heavy atom. The van der Waals surface area contributed by atoms with E-state index in [0.717, 1.165) is 37.1 Å². The monoisotopic (exact) mass is 479 g/mol. The molecule has 1 atom stereocenters. The number of ketones is 1. The van der Waals surface area contributed by atoms with Gasteiger partial charge >= 0.3 is 0 Å². The first-order valence-corrected chi connectivity index (χ1v) is 13.0. The van der Waals surface area contributed by atoms with Gasteiger partial charge in [0.15, 0.2) is 17.3 Å². The van der Waals surface area contributed by atoms with Crippen molar-refractivity contribution < 1.29 is 19.0 Å². The van der Waals surface area contributed by atoms with E-state index in [1.54, 1.807) is 24.3 Å². The maximum Gasteiger partial charge on any atom is 0.231 e. The molecular weight excluding hydrogens is 438 g/mol. The molecule has 5 heteroatoms. The number of hydrogen-bond acceptors (Lipinski definition) is 5. The molecule has 2 heterocycles. The highest BCUT2D eigenvalue weighted by Gasteiger charge is 2.34. The number of ether oxygens (including phenoxy) is 3. The summed E-state index contributed by atoms with van der Waals surface area (Å²) < 4.78 is 17.0. The minimum absolute atomic E-state index is 0.0473. The molecule has 0 amide bonds. The third kappa shape index (κ3) is 5.50. The Morgan fingerprint density at radius 2 is 2.09 bits per heavy atom. The summed E-state index contributed by atoms with van der Waals surface area (Å²) in [5.41, 5.74) is 7.06. The van der Waals surface area contributed by atoms with Crippen LogP contribution in [-0.2, 0) is 11.2 Å². The molecule has 190 valence electrons. The summed E-state index contributed by atoms with van der Waals surface area (Å²) in [5.74, 6) is 2.21. The van der Waals surface area contributed by atoms with E-state index in [4.69, 9.17) is 14.2 Å². The van der Waals surface area contributed by atoms with E-state index in [9.17, 15) is 4.79 Å². The highest BCUT2D eigenvalue weighted by molar-refractivity contribution is 5.90. The number of methoxy groups -OCH3 is 1. The molecule has 2 aliphatic heterocycles. The first-order valence-electron chi connectivity index (χ1n) is 13.0. The third-order valence-electron chi connectivity index (χ3n) is 8.06. The maximum absolute atomic E-state index is 13.0. The van der Waals surface area contributed by atoms with Gasteiger partial charge in [-0.3, -0.25) is 9.69 Å². The van der Waals surface area contributed by atoms with E-state index in [2.05, 4.69) is 51.8 Å². The second-order valence-corrected chi connectivity index (χ2v) is 11.0. The van der Waals surface area contributed by atoms with Crippen LogP contribution in [0.1, 0.15) is 83.4 Å². The lowest BCUT2D eigenvalue weighted by Crippen LogP contribution is -2.33. The summed E-state index contributed by atoms with van der Waals surface area (Å²) in [4.78, 5) is 15.2. The number of carbonyl (C=O) groups is 1. The molecular formula is C30H41NO4. The molecule has 0 spiro atoms. The van der Waals surface area contributed by atoms with Crippen molar-refractivity contribution >= 4 is 5.78 Å². The van der Waals surface area contributed by atoms with Gasteiger partial charge in [-0.15, -0.1) is 0 Å². The van der Waals surface area contributed by atoms with E-state index in [1.807, 2.05) is 6.08 Å². The van der Waals surface area contributed by atoms with Crippen molar-refractivity contribution in [3.05, 3.63) is 52.1 Å². The molecule has 1 aromatic carbocycles. The second-order valence-electron chi connectivity index (χ2n) is 11.0. The molecule has 5 nitrogen and oxygen atoms in total. The number of fused-ring (bicyclic) bond motifs is 2. The Hall–Kier alpha value is -2.53. The van der Waals surface area contributed by atoms with Crippen LogP contribution in [0.4, 0.5) is 0 Å². The van der Waals surface area contributed by atoms with Crippen LogP contribution in [0.15, 0.2) is 41.0 Å². The number of carbonyl (C=O) groups excluding carboxylic acids is 1. The number of rotatable bonds is 8. The van der Waals surface area contributed by atoms with E-state index in [1.165, 1.54) is 30.4 Å². The zero-order valence-electron chi connectivity index (χ0n) is 22.3. The fourth-order valence-corrected chi connectivity index (χ4v) is 5.99. The highest BCUT2D eigenvalue weighted by atomic mass is 16.7. The Labute approximate surface area is 210 Å². The van der Waals surface area contributed by atoms with E-state index in [0.29, 0.717) is 23.3 Å². The SMILES string of the molecule is COc1c2c(cc3c1[C@H](CC(=O)/C=C/C=C(\C)CCC1=C(C)CCCC1(C)C)N(C)CC3)OCO2. The van der Waals surface area contributed by atoms with Gasteiger partial charge in [0, 0.05) is 24.6 Å². The minimum Gasteiger partial charge on any atom is -0.492 e. The van der Waals surface area contributed by atoms with Gasteiger partial charge in [0.05, 0.1) is 7.11 Å². The fraction of sp³-hybridized carbons (Fsp3) is 0.567. The van der Waals surface area contributed by atoms with Crippen molar-refractivity contribution in [2.75, 3.05) is 27.5 Å². The first kappa shape index (κ1) is 25.6. The van der Waals surface area contributed by atoms with Gasteiger partial charge in [0.25, 0.3) is 0 Å². The van der Waals surface area contributed by atoms with Crippen LogP contribution in [0.25, 0.3) is 0 Å². The summed E-state index contributed by atoms with van der Waals surface area (Å²) in [6, 6.07) is 2.01. The molecule has 4 rings (SSSR count). The van der Waals surface area contributed by atoms with Crippen molar-refractivity contribution in [2.45, 2.75) is 78.7 Å². The summed E-state index contributed by atoms with van der Waals surface area (Å²) in [5, 5.41) is 0. The lowest BCUT2D eigenvalue weighted by Gasteiger charge is -2.35. The molecule has 0 unspecified atom stereocenters. The Kier molecular flexibility index (Phi) is 7.75. The van der Waals surface area contributed by atoms with Crippen molar-refractivity contribution in [1.29, 1.82) is 0 Å². The molecule has 1 aliphatic carbocycles. The van der Waals surface area contributed by atoms with Crippen LogP contribution in [0.3, 0.4) is 0 Å². The summed E-state index contributed by atoms with van der Waals surface area (Å²) >= 11 is 0. The molecule has 0 saturated carbocycles. The largest absolute Gasteiger partial charge is 0.492 e. The Morgan fingerprint density at radius 1 is 1.29 bits per heavy atom. The molecule has 3 aliphatic rings. The van der Waals surface area contributed by atoms with Crippen molar-refractivity contribution in [2.24, 2.45) is 5.41 Å². The Balaban J connectivity index is 1.42. The molecule has 0 fully saturated rings. The smallest absolute Gasteiger partial charge is 0.231 e. The Bertz CT molecular complexity index is 1060. The van der Waals surface area contributed by atoms with Gasteiger partial charge < -0.3 is 14.2 Å². The van der Waals surface area contributed by atoms with Crippen molar-refractivity contribution in [1.82, 2.24) is 4.90 Å². The number of likely N-dealkylation sites (N-methyl/N-ethyl adjacent to an activating group) is 1. The van der Waals surface area contributed by atoms with Crippen LogP contribution in [0, 0.1) is 5.41 Å². The molecule has 0 aromatic heterocycles. The topological polar surface area (TPSA) is 48.0 Å². The third-order valence-corrected chi connectivity index (χ3v) is 8.06. The average molecular weight is 480 g/mol. The highest BCUT2D eigenvalue weighted by Crippen LogP contribution is 2.50. The predicted octanol–water partition coefficient (Wildman–Crippen LogP) is 6.72. The van der Waals surface area contributed by atoms with E-state index < -0.39 is 0 Å². The van der Waals surface area contributed by atoms with E-state index >= 15 is 0 Å². The average Bonchev–Trinajstić information content (AvgIpc) is 3.27. The van der Waals surface area contributed by atoms with Gasteiger partial charge in [0.1, 0.15) is 0 Å². The quantitative estimate of drug-likeness (QED) is 0.235. The molecule has 0 bridgehead atoms. The summed E-state index contributed by atoms with van der Waals surface area (Å²) in [7, 11) is 3.73. The lowest BCUT2D eigenvalue weighted by atomic mass is 9.71. The van der Waals surface area contributed by atoms with Crippen molar-refractivity contribution in [3.8, 4) is 17.2 Å². The number of allylic oxidation sites excluding steroid dienone is 6. The van der Waals surface area contributed by atoms with Crippen molar-refractivity contribution in [3.63, 3.8) is 0 Å². The van der Waals surface area contributed by atoms with Crippen LogP contribution in [-0.4, -0.2) is 38.2 Å². The number of benzene rings is 1. The number of nitrogens with zero attached hydrogens (tertiary/aromatic N) is 1. The summed E-state index contributed by atoms with van der Waals surface area (Å²) in [6.45, 7) is 10.3.